The number of rotatable bonds is 5. The summed E-state index contributed by atoms with van der Waals surface area (Å²) in [6.07, 6.45) is 4.61. The second-order valence-electron chi connectivity index (χ2n) is 3.69. The van der Waals surface area contributed by atoms with Crippen LogP contribution in [-0.2, 0) is 0 Å². The molecule has 0 N–H and O–H groups in total. The molecule has 1 rings (SSSR count). The lowest BCUT2D eigenvalue weighted by Gasteiger charge is -2.34. The summed E-state index contributed by atoms with van der Waals surface area (Å²) < 4.78 is 0. The molecule has 0 spiro atoms. The monoisotopic (exact) mass is 207 g/mol. The maximum atomic E-state index is 5.91. The van der Waals surface area contributed by atoms with E-state index in [1.807, 2.05) is 11.8 Å². The van der Waals surface area contributed by atoms with Gasteiger partial charge >= 0.3 is 0 Å². The molecule has 1 aliphatic rings. The van der Waals surface area contributed by atoms with Gasteiger partial charge in [0.25, 0.3) is 0 Å². The van der Waals surface area contributed by atoms with Gasteiger partial charge in [0.05, 0.1) is 0 Å². The topological polar surface area (TPSA) is 3.24 Å². The lowest BCUT2D eigenvalue weighted by molar-refractivity contribution is 0.217. The van der Waals surface area contributed by atoms with Gasteiger partial charge in [-0.25, -0.2) is 0 Å². The standard InChI is InChI=1S/C9H18ClNS/c1-11(3-4-12-2)7-8-5-9(10)6-8/h8-9H,3-7H2,1-2H3. The molecule has 0 aromatic carbocycles. The lowest BCUT2D eigenvalue weighted by Crippen LogP contribution is -2.35. The minimum Gasteiger partial charge on any atom is -0.305 e. The molecular formula is C9H18ClNS. The zero-order chi connectivity index (χ0) is 8.97. The van der Waals surface area contributed by atoms with Crippen LogP contribution in [0.3, 0.4) is 0 Å². The minimum atomic E-state index is 0.476. The summed E-state index contributed by atoms with van der Waals surface area (Å²) in [6.45, 7) is 2.45. The maximum absolute atomic E-state index is 5.91. The Bertz CT molecular complexity index is 126. The third-order valence-corrected chi connectivity index (χ3v) is 3.37. The highest BCUT2D eigenvalue weighted by atomic mass is 35.5. The highest BCUT2D eigenvalue weighted by Gasteiger charge is 2.27. The molecule has 0 saturated heterocycles. The SMILES string of the molecule is CSCCN(C)CC1CC(Cl)C1. The molecule has 3 heteroatoms. The molecule has 1 fully saturated rings. The Morgan fingerprint density at radius 3 is 2.67 bits per heavy atom. The number of hydrogen-bond acceptors (Lipinski definition) is 2. The van der Waals surface area contributed by atoms with Crippen LogP contribution in [0, 0.1) is 5.92 Å². The van der Waals surface area contributed by atoms with Crippen molar-refractivity contribution in [2.45, 2.75) is 18.2 Å². The molecule has 1 saturated carbocycles. The number of thioether (sulfide) groups is 1. The van der Waals surface area contributed by atoms with Gasteiger partial charge < -0.3 is 4.90 Å². The van der Waals surface area contributed by atoms with Crippen LogP contribution in [0.1, 0.15) is 12.8 Å². The Labute approximate surface area is 84.8 Å². The summed E-state index contributed by atoms with van der Waals surface area (Å²) in [6, 6.07) is 0. The fourth-order valence-corrected chi connectivity index (χ4v) is 2.58. The summed E-state index contributed by atoms with van der Waals surface area (Å²) in [5.74, 6) is 2.12. The smallest absolute Gasteiger partial charge is 0.0342 e. The van der Waals surface area contributed by atoms with Crippen LogP contribution in [0.2, 0.25) is 0 Å². The molecule has 0 radical (unpaired) electrons. The van der Waals surface area contributed by atoms with Crippen LogP contribution in [-0.4, -0.2) is 42.4 Å². The summed E-state index contributed by atoms with van der Waals surface area (Å²) in [5, 5.41) is 0.476. The van der Waals surface area contributed by atoms with Crippen LogP contribution < -0.4 is 0 Å². The first-order valence-electron chi connectivity index (χ1n) is 4.54. The molecule has 1 aliphatic carbocycles. The zero-order valence-electron chi connectivity index (χ0n) is 7.92. The number of halogens is 1. The number of hydrogen-bond donors (Lipinski definition) is 0. The van der Waals surface area contributed by atoms with Crippen molar-refractivity contribution >= 4 is 23.4 Å². The first-order chi connectivity index (χ1) is 5.72. The van der Waals surface area contributed by atoms with E-state index in [4.69, 9.17) is 11.6 Å². The van der Waals surface area contributed by atoms with Gasteiger partial charge in [-0.3, -0.25) is 0 Å². The van der Waals surface area contributed by atoms with Crippen LogP contribution in [0.4, 0.5) is 0 Å². The molecule has 0 atom stereocenters. The quantitative estimate of drug-likeness (QED) is 0.637. The maximum Gasteiger partial charge on any atom is 0.0342 e. The molecule has 0 unspecified atom stereocenters. The average Bonchev–Trinajstić information content (AvgIpc) is 1.98. The molecule has 0 aliphatic heterocycles. The van der Waals surface area contributed by atoms with Crippen molar-refractivity contribution in [3.05, 3.63) is 0 Å². The summed E-state index contributed by atoms with van der Waals surface area (Å²) in [7, 11) is 2.21. The fraction of sp³-hybridized carbons (Fsp3) is 1.00. The van der Waals surface area contributed by atoms with Crippen molar-refractivity contribution in [2.24, 2.45) is 5.92 Å². The molecule has 72 valence electrons. The highest BCUT2D eigenvalue weighted by molar-refractivity contribution is 7.98. The lowest BCUT2D eigenvalue weighted by atomic mass is 9.84. The first-order valence-corrected chi connectivity index (χ1v) is 6.37. The van der Waals surface area contributed by atoms with E-state index in [-0.39, 0.29) is 0 Å². The molecule has 12 heavy (non-hydrogen) atoms. The molecule has 1 nitrogen and oxygen atoms in total. The fourth-order valence-electron chi connectivity index (χ4n) is 1.58. The van der Waals surface area contributed by atoms with E-state index in [0.29, 0.717) is 5.38 Å². The van der Waals surface area contributed by atoms with E-state index in [2.05, 4.69) is 18.2 Å². The van der Waals surface area contributed by atoms with E-state index < -0.39 is 0 Å². The van der Waals surface area contributed by atoms with Crippen molar-refractivity contribution < 1.29 is 0 Å². The van der Waals surface area contributed by atoms with Gasteiger partial charge in [-0.15, -0.1) is 11.6 Å². The summed E-state index contributed by atoms with van der Waals surface area (Å²) in [5.41, 5.74) is 0. The molecule has 0 aromatic rings. The van der Waals surface area contributed by atoms with E-state index in [9.17, 15) is 0 Å². The normalized spacial score (nSPS) is 29.0. The van der Waals surface area contributed by atoms with Crippen LogP contribution in [0.15, 0.2) is 0 Å². The largest absolute Gasteiger partial charge is 0.305 e. The Kier molecular flexibility index (Phi) is 4.77. The zero-order valence-corrected chi connectivity index (χ0v) is 9.50. The Hall–Kier alpha value is 0.600. The Morgan fingerprint density at radius 2 is 2.17 bits per heavy atom. The number of alkyl halides is 1. The van der Waals surface area contributed by atoms with Crippen LogP contribution in [0.5, 0.6) is 0 Å². The third-order valence-electron chi connectivity index (χ3n) is 2.43. The molecule has 0 amide bonds. The van der Waals surface area contributed by atoms with Crippen molar-refractivity contribution in [1.82, 2.24) is 4.90 Å². The Morgan fingerprint density at radius 1 is 1.50 bits per heavy atom. The third kappa shape index (κ3) is 3.55. The minimum absolute atomic E-state index is 0.476. The van der Waals surface area contributed by atoms with E-state index in [1.165, 1.54) is 31.7 Å². The van der Waals surface area contributed by atoms with Gasteiger partial charge in [0.2, 0.25) is 0 Å². The summed E-state index contributed by atoms with van der Waals surface area (Å²) >= 11 is 7.82. The summed E-state index contributed by atoms with van der Waals surface area (Å²) in [4.78, 5) is 2.42. The second-order valence-corrected chi connectivity index (χ2v) is 5.29. The molecule has 0 aromatic heterocycles. The van der Waals surface area contributed by atoms with Crippen LogP contribution in [0.25, 0.3) is 0 Å². The average molecular weight is 208 g/mol. The number of nitrogens with zero attached hydrogens (tertiary/aromatic N) is 1. The van der Waals surface area contributed by atoms with E-state index in [0.717, 1.165) is 5.92 Å². The van der Waals surface area contributed by atoms with Crippen molar-refractivity contribution in [3.63, 3.8) is 0 Å². The van der Waals surface area contributed by atoms with E-state index >= 15 is 0 Å². The van der Waals surface area contributed by atoms with Gasteiger partial charge in [-0.2, -0.15) is 11.8 Å². The van der Waals surface area contributed by atoms with Gasteiger partial charge in [0.15, 0.2) is 0 Å². The highest BCUT2D eigenvalue weighted by Crippen LogP contribution is 2.32. The molecule has 0 heterocycles. The van der Waals surface area contributed by atoms with Crippen molar-refractivity contribution in [2.75, 3.05) is 32.1 Å². The molecular weight excluding hydrogens is 190 g/mol. The van der Waals surface area contributed by atoms with Crippen LogP contribution >= 0.6 is 23.4 Å². The van der Waals surface area contributed by atoms with Crippen molar-refractivity contribution in [1.29, 1.82) is 0 Å². The van der Waals surface area contributed by atoms with Crippen molar-refractivity contribution in [3.8, 4) is 0 Å². The second kappa shape index (κ2) is 5.36. The Balaban J connectivity index is 1.98. The molecule has 0 bridgehead atoms. The van der Waals surface area contributed by atoms with Gasteiger partial charge in [-0.1, -0.05) is 0 Å². The van der Waals surface area contributed by atoms with E-state index in [1.54, 1.807) is 0 Å². The predicted octanol–water partition coefficient (Wildman–Crippen LogP) is 2.30. The van der Waals surface area contributed by atoms with Gasteiger partial charge in [-0.05, 0) is 32.1 Å². The predicted molar refractivity (Wildman–Crippen MR) is 58.2 cm³/mol. The van der Waals surface area contributed by atoms with Gasteiger partial charge in [0, 0.05) is 24.2 Å². The van der Waals surface area contributed by atoms with Gasteiger partial charge in [0.1, 0.15) is 0 Å². The first kappa shape index (κ1) is 10.7.